The molecule has 4 heteroatoms. The molecule has 2 aromatic carbocycles. The van der Waals surface area contributed by atoms with Crippen LogP contribution in [-0.4, -0.2) is 18.9 Å². The van der Waals surface area contributed by atoms with Crippen LogP contribution in [-0.2, 0) is 4.74 Å². The number of alkyl carbamates (subject to hydrolysis) is 1. The van der Waals surface area contributed by atoms with Gasteiger partial charge < -0.3 is 14.8 Å². The van der Waals surface area contributed by atoms with Gasteiger partial charge in [-0.1, -0.05) is 48.5 Å². The minimum absolute atomic E-state index is 0.363. The van der Waals surface area contributed by atoms with Crippen LogP contribution in [0.4, 0.5) is 4.79 Å². The van der Waals surface area contributed by atoms with Crippen LogP contribution >= 0.6 is 0 Å². The SMILES string of the molecule is O=C1NCC(Oc2ccccc2-c2ccccc2)O1. The largest absolute Gasteiger partial charge is 0.452 e. The van der Waals surface area contributed by atoms with E-state index >= 15 is 0 Å². The van der Waals surface area contributed by atoms with Crippen molar-refractivity contribution in [1.82, 2.24) is 5.32 Å². The van der Waals surface area contributed by atoms with Crippen molar-refractivity contribution in [3.63, 3.8) is 0 Å². The van der Waals surface area contributed by atoms with Gasteiger partial charge in [-0.15, -0.1) is 0 Å². The molecule has 1 N–H and O–H groups in total. The van der Waals surface area contributed by atoms with E-state index in [0.717, 1.165) is 11.1 Å². The molecule has 0 aliphatic carbocycles. The van der Waals surface area contributed by atoms with Crippen LogP contribution in [0.1, 0.15) is 0 Å². The standard InChI is InChI=1S/C15H13NO3/c17-15-16-10-14(19-15)18-13-9-5-4-8-12(13)11-6-2-1-3-7-11/h1-9,14H,10H2,(H,16,17). The summed E-state index contributed by atoms with van der Waals surface area (Å²) in [5.74, 6) is 0.704. The van der Waals surface area contributed by atoms with Crippen molar-refractivity contribution in [2.24, 2.45) is 0 Å². The lowest BCUT2D eigenvalue weighted by Gasteiger charge is -2.14. The zero-order chi connectivity index (χ0) is 13.1. The lowest BCUT2D eigenvalue weighted by molar-refractivity contribution is 0.00589. The average Bonchev–Trinajstić information content (AvgIpc) is 2.86. The van der Waals surface area contributed by atoms with Crippen molar-refractivity contribution in [2.45, 2.75) is 6.29 Å². The second-order valence-electron chi connectivity index (χ2n) is 4.20. The second kappa shape index (κ2) is 5.02. The third kappa shape index (κ3) is 2.52. The lowest BCUT2D eigenvalue weighted by atomic mass is 10.1. The predicted octanol–water partition coefficient (Wildman–Crippen LogP) is 2.80. The summed E-state index contributed by atoms with van der Waals surface area (Å²) in [5.41, 5.74) is 2.04. The van der Waals surface area contributed by atoms with Crippen LogP contribution in [0.25, 0.3) is 11.1 Å². The first-order valence-electron chi connectivity index (χ1n) is 6.08. The number of carbonyl (C=O) groups excluding carboxylic acids is 1. The zero-order valence-corrected chi connectivity index (χ0v) is 10.2. The fourth-order valence-corrected chi connectivity index (χ4v) is 2.00. The van der Waals surface area contributed by atoms with Gasteiger partial charge in [-0.25, -0.2) is 4.79 Å². The van der Waals surface area contributed by atoms with Gasteiger partial charge in [0.2, 0.25) is 0 Å². The summed E-state index contributed by atoms with van der Waals surface area (Å²) in [7, 11) is 0. The molecule has 1 amide bonds. The number of cyclic esters (lactones) is 1. The fourth-order valence-electron chi connectivity index (χ4n) is 2.00. The van der Waals surface area contributed by atoms with Crippen LogP contribution in [0.3, 0.4) is 0 Å². The Balaban J connectivity index is 1.88. The quantitative estimate of drug-likeness (QED) is 0.917. The number of benzene rings is 2. The first-order chi connectivity index (χ1) is 9.33. The molecule has 1 unspecified atom stereocenters. The van der Waals surface area contributed by atoms with Crippen LogP contribution in [0.2, 0.25) is 0 Å². The first kappa shape index (κ1) is 11.6. The summed E-state index contributed by atoms with van der Waals surface area (Å²) < 4.78 is 10.7. The Kier molecular flexibility index (Phi) is 3.06. The number of nitrogens with one attached hydrogen (secondary N) is 1. The Morgan fingerprint density at radius 3 is 2.53 bits per heavy atom. The van der Waals surface area contributed by atoms with Crippen molar-refractivity contribution < 1.29 is 14.3 Å². The van der Waals surface area contributed by atoms with E-state index < -0.39 is 12.4 Å². The van der Waals surface area contributed by atoms with Crippen LogP contribution < -0.4 is 10.1 Å². The highest BCUT2D eigenvalue weighted by Crippen LogP contribution is 2.30. The monoisotopic (exact) mass is 255 g/mol. The molecule has 0 spiro atoms. The maximum Gasteiger partial charge on any atom is 0.410 e. The van der Waals surface area contributed by atoms with E-state index in [4.69, 9.17) is 9.47 Å². The molecule has 1 atom stereocenters. The number of hydrogen-bond acceptors (Lipinski definition) is 3. The van der Waals surface area contributed by atoms with Gasteiger partial charge in [0.25, 0.3) is 6.29 Å². The third-order valence-electron chi connectivity index (χ3n) is 2.88. The Labute approximate surface area is 111 Å². The highest BCUT2D eigenvalue weighted by molar-refractivity contribution is 5.71. The maximum atomic E-state index is 11.0. The normalized spacial score (nSPS) is 17.7. The molecule has 0 aromatic heterocycles. The van der Waals surface area contributed by atoms with Gasteiger partial charge >= 0.3 is 6.09 Å². The van der Waals surface area contributed by atoms with Crippen molar-refractivity contribution in [1.29, 1.82) is 0 Å². The summed E-state index contributed by atoms with van der Waals surface area (Å²) in [6, 6.07) is 17.6. The molecule has 1 heterocycles. The van der Waals surface area contributed by atoms with Gasteiger partial charge in [-0.2, -0.15) is 0 Å². The summed E-state index contributed by atoms with van der Waals surface area (Å²) in [5, 5.41) is 2.56. The summed E-state index contributed by atoms with van der Waals surface area (Å²) >= 11 is 0. The number of amides is 1. The average molecular weight is 255 g/mol. The molecule has 96 valence electrons. The van der Waals surface area contributed by atoms with Gasteiger partial charge in [0.1, 0.15) is 5.75 Å². The molecule has 0 radical (unpaired) electrons. The van der Waals surface area contributed by atoms with Crippen molar-refractivity contribution in [2.75, 3.05) is 6.54 Å². The Bertz CT molecular complexity index is 583. The van der Waals surface area contributed by atoms with E-state index in [-0.39, 0.29) is 0 Å². The maximum absolute atomic E-state index is 11.0. The van der Waals surface area contributed by atoms with Gasteiger partial charge in [0, 0.05) is 5.56 Å². The van der Waals surface area contributed by atoms with E-state index in [2.05, 4.69) is 5.32 Å². The molecule has 1 aliphatic rings. The number of hydrogen-bond donors (Lipinski definition) is 1. The van der Waals surface area contributed by atoms with E-state index in [1.807, 2.05) is 54.6 Å². The Morgan fingerprint density at radius 2 is 1.79 bits per heavy atom. The zero-order valence-electron chi connectivity index (χ0n) is 10.2. The van der Waals surface area contributed by atoms with E-state index in [9.17, 15) is 4.79 Å². The molecule has 2 aromatic rings. The van der Waals surface area contributed by atoms with Crippen molar-refractivity contribution in [3.05, 3.63) is 54.6 Å². The van der Waals surface area contributed by atoms with Crippen LogP contribution in [0, 0.1) is 0 Å². The van der Waals surface area contributed by atoms with Gasteiger partial charge in [0.05, 0.1) is 6.54 Å². The molecule has 1 aliphatic heterocycles. The molecular weight excluding hydrogens is 242 g/mol. The minimum Gasteiger partial charge on any atom is -0.452 e. The molecule has 4 nitrogen and oxygen atoms in total. The third-order valence-corrected chi connectivity index (χ3v) is 2.88. The topological polar surface area (TPSA) is 47.6 Å². The number of para-hydroxylation sites is 1. The molecule has 1 saturated heterocycles. The van der Waals surface area contributed by atoms with E-state index in [1.165, 1.54) is 0 Å². The summed E-state index contributed by atoms with van der Waals surface area (Å²) in [4.78, 5) is 11.0. The predicted molar refractivity (Wildman–Crippen MR) is 70.8 cm³/mol. The van der Waals surface area contributed by atoms with Crippen LogP contribution in [0.15, 0.2) is 54.6 Å². The molecule has 19 heavy (non-hydrogen) atoms. The molecule has 0 saturated carbocycles. The van der Waals surface area contributed by atoms with Gasteiger partial charge in [-0.3, -0.25) is 0 Å². The second-order valence-corrected chi connectivity index (χ2v) is 4.20. The number of ether oxygens (including phenoxy) is 2. The van der Waals surface area contributed by atoms with Gasteiger partial charge in [-0.05, 0) is 11.6 Å². The molecular formula is C15H13NO3. The smallest absolute Gasteiger partial charge is 0.410 e. The molecule has 1 fully saturated rings. The fraction of sp³-hybridized carbons (Fsp3) is 0.133. The van der Waals surface area contributed by atoms with Crippen LogP contribution in [0.5, 0.6) is 5.75 Å². The van der Waals surface area contributed by atoms with Crippen molar-refractivity contribution >= 4 is 6.09 Å². The summed E-state index contributed by atoms with van der Waals surface area (Å²) in [6.45, 7) is 0.363. The van der Waals surface area contributed by atoms with Crippen molar-refractivity contribution in [3.8, 4) is 16.9 Å². The molecule has 3 rings (SSSR count). The lowest BCUT2D eigenvalue weighted by Crippen LogP contribution is -2.20. The van der Waals surface area contributed by atoms with E-state index in [1.54, 1.807) is 0 Å². The van der Waals surface area contributed by atoms with Gasteiger partial charge in [0.15, 0.2) is 0 Å². The summed E-state index contributed by atoms with van der Waals surface area (Å²) in [6.07, 6.45) is -1.01. The highest BCUT2D eigenvalue weighted by atomic mass is 16.7. The first-order valence-corrected chi connectivity index (χ1v) is 6.08. The molecule has 0 bridgehead atoms. The van der Waals surface area contributed by atoms with E-state index in [0.29, 0.717) is 12.3 Å². The number of rotatable bonds is 3. The Morgan fingerprint density at radius 1 is 1.05 bits per heavy atom. The minimum atomic E-state index is -0.572. The number of carbonyl (C=O) groups is 1. The Hall–Kier alpha value is -2.49. The highest BCUT2D eigenvalue weighted by Gasteiger charge is 2.24.